The maximum atomic E-state index is 12.0. The minimum absolute atomic E-state index is 0.101. The second-order valence-corrected chi connectivity index (χ2v) is 5.97. The van der Waals surface area contributed by atoms with Gasteiger partial charge in [0.05, 0.1) is 14.2 Å². The van der Waals surface area contributed by atoms with Gasteiger partial charge in [-0.1, -0.05) is 6.42 Å². The quantitative estimate of drug-likeness (QED) is 0.798. The summed E-state index contributed by atoms with van der Waals surface area (Å²) in [4.78, 5) is 14.4. The van der Waals surface area contributed by atoms with Crippen LogP contribution in [0.3, 0.4) is 0 Å². The Morgan fingerprint density at radius 2 is 1.74 bits per heavy atom. The zero-order valence-corrected chi connectivity index (χ0v) is 14.3. The first-order valence-electron chi connectivity index (χ1n) is 8.42. The molecule has 1 aliphatic rings. The number of nitrogens with one attached hydrogen (secondary N) is 1. The first kappa shape index (κ1) is 17.6. The van der Waals surface area contributed by atoms with Gasteiger partial charge in [0.15, 0.2) is 0 Å². The summed E-state index contributed by atoms with van der Waals surface area (Å²) in [6, 6.07) is 5.73. The molecule has 1 N–H and O–H groups in total. The third-order valence-corrected chi connectivity index (χ3v) is 4.25. The number of aryl methyl sites for hydroxylation is 1. The van der Waals surface area contributed by atoms with Gasteiger partial charge in [-0.2, -0.15) is 0 Å². The van der Waals surface area contributed by atoms with Crippen LogP contribution >= 0.6 is 0 Å². The Morgan fingerprint density at radius 3 is 2.35 bits per heavy atom. The number of likely N-dealkylation sites (tertiary alicyclic amines) is 1. The summed E-state index contributed by atoms with van der Waals surface area (Å²) in [7, 11) is 3.26. The molecular formula is C18H28N2O3. The second-order valence-electron chi connectivity index (χ2n) is 5.97. The van der Waals surface area contributed by atoms with Crippen molar-refractivity contribution in [3.05, 3.63) is 23.8 Å². The van der Waals surface area contributed by atoms with Gasteiger partial charge >= 0.3 is 0 Å². The second kappa shape index (κ2) is 9.40. The first-order valence-corrected chi connectivity index (χ1v) is 8.42. The highest BCUT2D eigenvalue weighted by molar-refractivity contribution is 5.76. The number of methoxy groups -OCH3 is 2. The molecule has 0 atom stereocenters. The summed E-state index contributed by atoms with van der Waals surface area (Å²) >= 11 is 0. The summed E-state index contributed by atoms with van der Waals surface area (Å²) < 4.78 is 10.5. The van der Waals surface area contributed by atoms with Gasteiger partial charge in [0.25, 0.3) is 0 Å². The van der Waals surface area contributed by atoms with Crippen LogP contribution in [0.15, 0.2) is 18.2 Å². The van der Waals surface area contributed by atoms with E-state index in [1.807, 2.05) is 18.2 Å². The number of nitrogens with zero attached hydrogens (tertiary/aromatic N) is 1. The Labute approximate surface area is 139 Å². The van der Waals surface area contributed by atoms with Crippen LogP contribution in [-0.2, 0) is 11.2 Å². The molecule has 1 fully saturated rings. The van der Waals surface area contributed by atoms with Crippen molar-refractivity contribution in [3.8, 4) is 11.5 Å². The lowest BCUT2D eigenvalue weighted by Crippen LogP contribution is -2.37. The number of carbonyl (C=O) groups is 1. The van der Waals surface area contributed by atoms with Gasteiger partial charge in [0.2, 0.25) is 5.91 Å². The van der Waals surface area contributed by atoms with Gasteiger partial charge in [0, 0.05) is 25.6 Å². The molecule has 0 aliphatic carbocycles. The maximum Gasteiger partial charge on any atom is 0.220 e. The molecule has 1 saturated heterocycles. The van der Waals surface area contributed by atoms with Crippen molar-refractivity contribution >= 4 is 5.91 Å². The number of benzene rings is 1. The highest BCUT2D eigenvalue weighted by Gasteiger charge is 2.10. The zero-order valence-electron chi connectivity index (χ0n) is 14.3. The predicted octanol–water partition coefficient (Wildman–Crippen LogP) is 2.24. The molecule has 1 aromatic rings. The first-order chi connectivity index (χ1) is 11.2. The van der Waals surface area contributed by atoms with E-state index in [0.29, 0.717) is 12.8 Å². The summed E-state index contributed by atoms with van der Waals surface area (Å²) in [5.41, 5.74) is 1.05. The molecule has 1 aliphatic heterocycles. The fraction of sp³-hybridized carbons (Fsp3) is 0.611. The molecule has 0 radical (unpaired) electrons. The molecule has 0 spiro atoms. The van der Waals surface area contributed by atoms with Crippen LogP contribution < -0.4 is 14.8 Å². The fourth-order valence-corrected chi connectivity index (χ4v) is 2.89. The fourth-order valence-electron chi connectivity index (χ4n) is 2.89. The normalized spacial score (nSPS) is 15.2. The Bertz CT molecular complexity index is 477. The minimum atomic E-state index is 0.101. The van der Waals surface area contributed by atoms with Crippen molar-refractivity contribution in [2.75, 3.05) is 40.4 Å². The molecule has 0 bridgehead atoms. The molecule has 2 rings (SSSR count). The van der Waals surface area contributed by atoms with E-state index in [4.69, 9.17) is 9.47 Å². The summed E-state index contributed by atoms with van der Waals surface area (Å²) in [6.07, 6.45) is 5.07. The van der Waals surface area contributed by atoms with Crippen LogP contribution in [0.2, 0.25) is 0 Å². The molecule has 0 aromatic heterocycles. The summed E-state index contributed by atoms with van der Waals surface area (Å²) in [6.45, 7) is 4.03. The average Bonchev–Trinajstić information content (AvgIpc) is 2.60. The van der Waals surface area contributed by atoms with Crippen molar-refractivity contribution in [1.29, 1.82) is 0 Å². The van der Waals surface area contributed by atoms with E-state index in [0.717, 1.165) is 30.2 Å². The standard InChI is InChI=1S/C18H28N2O3/c1-22-16-12-15(13-17(14-16)23-2)6-7-18(21)19-8-11-20-9-4-3-5-10-20/h12-14H,3-11H2,1-2H3,(H,19,21). The van der Waals surface area contributed by atoms with Crippen molar-refractivity contribution in [2.45, 2.75) is 32.1 Å². The van der Waals surface area contributed by atoms with Gasteiger partial charge in [-0.25, -0.2) is 0 Å². The molecule has 1 aromatic carbocycles. The molecule has 5 nitrogen and oxygen atoms in total. The van der Waals surface area contributed by atoms with E-state index in [1.165, 1.54) is 32.4 Å². The maximum absolute atomic E-state index is 12.0. The van der Waals surface area contributed by atoms with Gasteiger partial charge in [0.1, 0.15) is 11.5 Å². The van der Waals surface area contributed by atoms with Crippen LogP contribution in [0.1, 0.15) is 31.2 Å². The number of hydrogen-bond donors (Lipinski definition) is 1. The minimum Gasteiger partial charge on any atom is -0.497 e. The lowest BCUT2D eigenvalue weighted by Gasteiger charge is -2.26. The van der Waals surface area contributed by atoms with E-state index < -0.39 is 0 Å². The Kier molecular flexibility index (Phi) is 7.20. The van der Waals surface area contributed by atoms with Crippen molar-refractivity contribution in [3.63, 3.8) is 0 Å². The molecule has 5 heteroatoms. The van der Waals surface area contributed by atoms with E-state index in [2.05, 4.69) is 10.2 Å². The molecule has 23 heavy (non-hydrogen) atoms. The Hall–Kier alpha value is -1.75. The van der Waals surface area contributed by atoms with Crippen LogP contribution in [-0.4, -0.2) is 51.2 Å². The third-order valence-electron chi connectivity index (χ3n) is 4.25. The van der Waals surface area contributed by atoms with Gasteiger partial charge in [-0.05, 0) is 50.0 Å². The smallest absolute Gasteiger partial charge is 0.220 e. The molecule has 0 unspecified atom stereocenters. The van der Waals surface area contributed by atoms with Crippen LogP contribution in [0.25, 0.3) is 0 Å². The predicted molar refractivity (Wildman–Crippen MR) is 91.2 cm³/mol. The zero-order chi connectivity index (χ0) is 16.5. The highest BCUT2D eigenvalue weighted by Crippen LogP contribution is 2.23. The number of carbonyl (C=O) groups excluding carboxylic acids is 1. The molecule has 1 heterocycles. The van der Waals surface area contributed by atoms with Crippen LogP contribution in [0, 0.1) is 0 Å². The van der Waals surface area contributed by atoms with Gasteiger partial charge in [-0.15, -0.1) is 0 Å². The topological polar surface area (TPSA) is 50.8 Å². The Balaban J connectivity index is 1.71. The van der Waals surface area contributed by atoms with Crippen molar-refractivity contribution < 1.29 is 14.3 Å². The third kappa shape index (κ3) is 6.10. The lowest BCUT2D eigenvalue weighted by molar-refractivity contribution is -0.121. The molecule has 0 saturated carbocycles. The monoisotopic (exact) mass is 320 g/mol. The highest BCUT2D eigenvalue weighted by atomic mass is 16.5. The summed E-state index contributed by atoms with van der Waals surface area (Å²) in [5, 5.41) is 3.01. The molecular weight excluding hydrogens is 292 g/mol. The Morgan fingerprint density at radius 1 is 1.09 bits per heavy atom. The van der Waals surface area contributed by atoms with E-state index in [-0.39, 0.29) is 5.91 Å². The van der Waals surface area contributed by atoms with Gasteiger partial charge < -0.3 is 19.7 Å². The number of amides is 1. The van der Waals surface area contributed by atoms with Gasteiger partial charge in [-0.3, -0.25) is 4.79 Å². The summed E-state index contributed by atoms with van der Waals surface area (Å²) in [5.74, 6) is 1.61. The largest absolute Gasteiger partial charge is 0.497 e. The SMILES string of the molecule is COc1cc(CCC(=O)NCCN2CCCCC2)cc(OC)c1. The van der Waals surface area contributed by atoms with E-state index in [9.17, 15) is 4.79 Å². The number of ether oxygens (including phenoxy) is 2. The van der Waals surface area contributed by atoms with E-state index >= 15 is 0 Å². The average molecular weight is 320 g/mol. The molecule has 1 amide bonds. The van der Waals surface area contributed by atoms with Crippen molar-refractivity contribution in [2.24, 2.45) is 0 Å². The van der Waals surface area contributed by atoms with Crippen LogP contribution in [0.5, 0.6) is 11.5 Å². The van der Waals surface area contributed by atoms with Crippen molar-refractivity contribution in [1.82, 2.24) is 10.2 Å². The lowest BCUT2D eigenvalue weighted by atomic mass is 10.1. The number of rotatable bonds is 8. The van der Waals surface area contributed by atoms with Crippen LogP contribution in [0.4, 0.5) is 0 Å². The van der Waals surface area contributed by atoms with E-state index in [1.54, 1.807) is 14.2 Å². The number of piperidine rings is 1. The number of hydrogen-bond acceptors (Lipinski definition) is 4. The molecule has 128 valence electrons.